The van der Waals surface area contributed by atoms with E-state index in [0.717, 1.165) is 28.3 Å². The third-order valence-electron chi connectivity index (χ3n) is 3.17. The number of anilines is 1. The molecule has 0 aliphatic carbocycles. The fourth-order valence-electron chi connectivity index (χ4n) is 1.98. The highest BCUT2D eigenvalue weighted by Crippen LogP contribution is 2.25. The van der Waals surface area contributed by atoms with E-state index in [4.69, 9.17) is 11.6 Å². The summed E-state index contributed by atoms with van der Waals surface area (Å²) in [6.07, 6.45) is 0. The van der Waals surface area contributed by atoms with Crippen LogP contribution in [0.3, 0.4) is 0 Å². The first-order valence-corrected chi connectivity index (χ1v) is 8.83. The van der Waals surface area contributed by atoms with Crippen molar-refractivity contribution >= 4 is 45.3 Å². The number of halogens is 1. The molecule has 118 valence electrons. The van der Waals surface area contributed by atoms with Gasteiger partial charge < -0.3 is 5.32 Å². The summed E-state index contributed by atoms with van der Waals surface area (Å²) in [7, 11) is 0. The van der Waals surface area contributed by atoms with Gasteiger partial charge in [0, 0.05) is 27.0 Å². The highest BCUT2D eigenvalue weighted by Gasteiger charge is 2.11. The number of hydrogen-bond acceptors (Lipinski definition) is 5. The summed E-state index contributed by atoms with van der Waals surface area (Å²) >= 11 is 8.29. The van der Waals surface area contributed by atoms with Crippen LogP contribution < -0.4 is 10.2 Å². The first kappa shape index (κ1) is 15.9. The summed E-state index contributed by atoms with van der Waals surface area (Å²) in [6, 6.07) is 7.33. The van der Waals surface area contributed by atoms with Gasteiger partial charge in [-0.2, -0.15) is 0 Å². The van der Waals surface area contributed by atoms with Crippen molar-refractivity contribution in [3.05, 3.63) is 55.4 Å². The molecular weight excluding hydrogens is 354 g/mol. The van der Waals surface area contributed by atoms with E-state index >= 15 is 0 Å². The lowest BCUT2D eigenvalue weighted by molar-refractivity contribution is -0.116. The molecular formula is C15H12ClN3O2S2. The zero-order valence-electron chi connectivity index (χ0n) is 12.1. The zero-order valence-corrected chi connectivity index (χ0v) is 14.5. The Hall–Kier alpha value is -1.96. The molecule has 3 aromatic rings. The van der Waals surface area contributed by atoms with E-state index in [0.29, 0.717) is 10.2 Å². The summed E-state index contributed by atoms with van der Waals surface area (Å²) in [6.45, 7) is 1.79. The first-order valence-electron chi connectivity index (χ1n) is 6.69. The molecule has 0 saturated heterocycles. The molecule has 2 heterocycles. The van der Waals surface area contributed by atoms with Crippen molar-refractivity contribution in [3.63, 3.8) is 0 Å². The number of carbonyl (C=O) groups excluding carboxylic acids is 1. The van der Waals surface area contributed by atoms with E-state index in [2.05, 4.69) is 10.3 Å². The standard InChI is InChI=1S/C15H12ClN3O2S2/c1-9-7-23-15(21)19(9)6-13(20)18-14-17-12(8-22-14)10-2-4-11(16)5-3-10/h2-5,7-8H,6H2,1H3,(H,17,18,20). The molecule has 0 aliphatic rings. The Bertz CT molecular complexity index is 896. The van der Waals surface area contributed by atoms with E-state index < -0.39 is 0 Å². The third-order valence-corrected chi connectivity index (χ3v) is 5.06. The molecule has 0 spiro atoms. The van der Waals surface area contributed by atoms with Gasteiger partial charge in [-0.15, -0.1) is 11.3 Å². The monoisotopic (exact) mass is 365 g/mol. The van der Waals surface area contributed by atoms with Crippen LogP contribution in [-0.2, 0) is 11.3 Å². The molecule has 1 aromatic carbocycles. The average Bonchev–Trinajstić information content (AvgIpc) is 3.10. The summed E-state index contributed by atoms with van der Waals surface area (Å²) in [4.78, 5) is 27.9. The number of rotatable bonds is 4. The van der Waals surface area contributed by atoms with Crippen LogP contribution in [0, 0.1) is 6.92 Å². The van der Waals surface area contributed by atoms with Crippen LogP contribution in [0.1, 0.15) is 5.69 Å². The predicted molar refractivity (Wildman–Crippen MR) is 94.5 cm³/mol. The van der Waals surface area contributed by atoms with Gasteiger partial charge in [0.05, 0.1) is 5.69 Å². The Morgan fingerprint density at radius 3 is 2.65 bits per heavy atom. The molecule has 0 saturated carbocycles. The highest BCUT2D eigenvalue weighted by molar-refractivity contribution is 7.14. The second kappa shape index (κ2) is 6.66. The second-order valence-electron chi connectivity index (χ2n) is 4.82. The lowest BCUT2D eigenvalue weighted by Gasteiger charge is -2.04. The summed E-state index contributed by atoms with van der Waals surface area (Å²) in [5, 5.41) is 7.48. The molecule has 1 N–H and O–H groups in total. The number of aryl methyl sites for hydroxylation is 1. The van der Waals surface area contributed by atoms with Crippen LogP contribution in [0.5, 0.6) is 0 Å². The van der Waals surface area contributed by atoms with E-state index in [1.807, 2.05) is 17.5 Å². The second-order valence-corrected chi connectivity index (χ2v) is 6.94. The van der Waals surface area contributed by atoms with Crippen LogP contribution in [0.2, 0.25) is 5.02 Å². The molecule has 1 amide bonds. The Labute approximate surface area is 145 Å². The molecule has 0 aliphatic heterocycles. The smallest absolute Gasteiger partial charge is 0.300 e. The molecule has 23 heavy (non-hydrogen) atoms. The maximum Gasteiger partial charge on any atom is 0.307 e. The SMILES string of the molecule is Cc1csc(=O)n1CC(=O)Nc1nc(-c2ccc(Cl)cc2)cs1. The maximum absolute atomic E-state index is 12.1. The number of benzene rings is 1. The third kappa shape index (κ3) is 3.69. The zero-order chi connectivity index (χ0) is 16.4. The molecule has 0 radical (unpaired) electrons. The van der Waals surface area contributed by atoms with E-state index in [1.165, 1.54) is 15.9 Å². The van der Waals surface area contributed by atoms with Crippen LogP contribution in [0.4, 0.5) is 5.13 Å². The number of aromatic nitrogens is 2. The topological polar surface area (TPSA) is 64.0 Å². The van der Waals surface area contributed by atoms with Gasteiger partial charge in [-0.1, -0.05) is 35.1 Å². The maximum atomic E-state index is 12.1. The van der Waals surface area contributed by atoms with E-state index in [9.17, 15) is 9.59 Å². The van der Waals surface area contributed by atoms with Crippen molar-refractivity contribution in [3.8, 4) is 11.3 Å². The molecule has 5 nitrogen and oxygen atoms in total. The van der Waals surface area contributed by atoms with Crippen molar-refractivity contribution in [2.45, 2.75) is 13.5 Å². The van der Waals surface area contributed by atoms with Gasteiger partial charge in [0.2, 0.25) is 5.91 Å². The van der Waals surface area contributed by atoms with Gasteiger partial charge in [0.25, 0.3) is 0 Å². The number of nitrogens with zero attached hydrogens (tertiary/aromatic N) is 2. The van der Waals surface area contributed by atoms with Gasteiger partial charge >= 0.3 is 4.87 Å². The predicted octanol–water partition coefficient (Wildman–Crippen LogP) is 3.63. The lowest BCUT2D eigenvalue weighted by Crippen LogP contribution is -2.25. The summed E-state index contributed by atoms with van der Waals surface area (Å²) in [5.74, 6) is -0.273. The molecule has 2 aromatic heterocycles. The van der Waals surface area contributed by atoms with Gasteiger partial charge in [0.1, 0.15) is 6.54 Å². The minimum atomic E-state index is -0.273. The van der Waals surface area contributed by atoms with Crippen molar-refractivity contribution in [1.82, 2.24) is 9.55 Å². The van der Waals surface area contributed by atoms with Crippen LogP contribution in [-0.4, -0.2) is 15.5 Å². The van der Waals surface area contributed by atoms with Crippen molar-refractivity contribution < 1.29 is 4.79 Å². The van der Waals surface area contributed by atoms with Gasteiger partial charge in [0.15, 0.2) is 5.13 Å². The Balaban J connectivity index is 1.70. The largest absolute Gasteiger partial charge is 0.307 e. The average molecular weight is 366 g/mol. The van der Waals surface area contributed by atoms with Crippen LogP contribution in [0.15, 0.2) is 39.8 Å². The minimum absolute atomic E-state index is 0.00990. The molecule has 0 bridgehead atoms. The van der Waals surface area contributed by atoms with E-state index in [-0.39, 0.29) is 17.3 Å². The van der Waals surface area contributed by atoms with Gasteiger partial charge in [-0.3, -0.25) is 14.2 Å². The molecule has 0 atom stereocenters. The Morgan fingerprint density at radius 1 is 1.26 bits per heavy atom. The number of hydrogen-bond donors (Lipinski definition) is 1. The van der Waals surface area contributed by atoms with Crippen molar-refractivity contribution in [2.24, 2.45) is 0 Å². The first-order chi connectivity index (χ1) is 11.0. The molecule has 0 unspecified atom stereocenters. The Morgan fingerprint density at radius 2 is 2.00 bits per heavy atom. The van der Waals surface area contributed by atoms with Crippen molar-refractivity contribution in [1.29, 1.82) is 0 Å². The summed E-state index contributed by atoms with van der Waals surface area (Å²) in [5.41, 5.74) is 2.47. The fraction of sp³-hybridized carbons (Fsp3) is 0.133. The van der Waals surface area contributed by atoms with Gasteiger partial charge in [-0.05, 0) is 19.1 Å². The lowest BCUT2D eigenvalue weighted by atomic mass is 10.2. The minimum Gasteiger partial charge on any atom is -0.300 e. The fourth-order valence-corrected chi connectivity index (χ4v) is 3.58. The van der Waals surface area contributed by atoms with E-state index in [1.54, 1.807) is 24.4 Å². The number of thiazole rings is 2. The molecule has 0 fully saturated rings. The quantitative estimate of drug-likeness (QED) is 0.767. The number of nitrogens with one attached hydrogen (secondary N) is 1. The molecule has 3 rings (SSSR count). The van der Waals surface area contributed by atoms with Gasteiger partial charge in [-0.25, -0.2) is 4.98 Å². The summed E-state index contributed by atoms with van der Waals surface area (Å²) < 4.78 is 1.44. The van der Waals surface area contributed by atoms with Crippen molar-refractivity contribution in [2.75, 3.05) is 5.32 Å². The normalized spacial score (nSPS) is 10.7. The molecule has 8 heteroatoms. The van der Waals surface area contributed by atoms with Crippen LogP contribution >= 0.6 is 34.3 Å². The highest BCUT2D eigenvalue weighted by atomic mass is 35.5. The number of amides is 1. The number of carbonyl (C=O) groups is 1. The Kier molecular flexibility index (Phi) is 4.61. The van der Waals surface area contributed by atoms with Crippen LogP contribution in [0.25, 0.3) is 11.3 Å².